The molecule has 2 N–H and O–H groups in total. The first-order chi connectivity index (χ1) is 13.2. The van der Waals surface area contributed by atoms with Crippen molar-refractivity contribution in [3.05, 3.63) is 35.5 Å². The molecular weight excluding hydrogens is 348 g/mol. The van der Waals surface area contributed by atoms with E-state index in [4.69, 9.17) is 4.74 Å². The molecule has 0 amide bonds. The molecule has 0 heterocycles. The van der Waals surface area contributed by atoms with Gasteiger partial charge < -0.3 is 14.9 Å². The van der Waals surface area contributed by atoms with Gasteiger partial charge in [-0.15, -0.1) is 0 Å². The fourth-order valence-corrected chi connectivity index (χ4v) is 5.60. The average Bonchev–Trinajstić information content (AvgIpc) is 2.96. The second-order valence-corrected chi connectivity index (χ2v) is 10.2. The molecule has 3 aliphatic rings. The Hall–Kier alpha value is -0.900. The summed E-state index contributed by atoms with van der Waals surface area (Å²) in [5.74, 6) is 1.27. The number of ether oxygens (including phenoxy) is 1. The van der Waals surface area contributed by atoms with Crippen molar-refractivity contribution >= 4 is 0 Å². The summed E-state index contributed by atoms with van der Waals surface area (Å²) in [5.41, 5.74) is 3.44. The van der Waals surface area contributed by atoms with Crippen molar-refractivity contribution in [1.29, 1.82) is 0 Å². The SMILES string of the molecule is C=C1/C(=C\C=C2/CCCC3(C)C2CC[C@@H]3COCCC(C)(C)O)CCCC1O. The first kappa shape index (κ1) is 21.8. The number of aliphatic hydroxyl groups is 2. The van der Waals surface area contributed by atoms with Crippen molar-refractivity contribution in [3.63, 3.8) is 0 Å². The summed E-state index contributed by atoms with van der Waals surface area (Å²) >= 11 is 0. The Kier molecular flexibility index (Phi) is 6.89. The molecule has 0 aromatic rings. The molecule has 158 valence electrons. The molecule has 0 bridgehead atoms. The van der Waals surface area contributed by atoms with Crippen molar-refractivity contribution in [2.45, 2.75) is 90.3 Å². The van der Waals surface area contributed by atoms with E-state index in [9.17, 15) is 10.2 Å². The fourth-order valence-electron chi connectivity index (χ4n) is 5.60. The lowest BCUT2D eigenvalue weighted by molar-refractivity contribution is -0.000944. The van der Waals surface area contributed by atoms with Crippen LogP contribution in [-0.4, -0.2) is 35.1 Å². The molecule has 0 saturated heterocycles. The molecule has 0 aromatic heterocycles. The lowest BCUT2D eigenvalue weighted by Crippen LogP contribution is -2.35. The van der Waals surface area contributed by atoms with Gasteiger partial charge in [-0.05, 0) is 100 Å². The van der Waals surface area contributed by atoms with E-state index in [1.54, 1.807) is 5.57 Å². The van der Waals surface area contributed by atoms with Crippen LogP contribution >= 0.6 is 0 Å². The van der Waals surface area contributed by atoms with Gasteiger partial charge >= 0.3 is 0 Å². The second kappa shape index (κ2) is 8.85. The van der Waals surface area contributed by atoms with Crippen molar-refractivity contribution < 1.29 is 14.9 Å². The van der Waals surface area contributed by atoms with Gasteiger partial charge in [0.2, 0.25) is 0 Å². The van der Waals surface area contributed by atoms with E-state index in [1.165, 1.54) is 37.7 Å². The van der Waals surface area contributed by atoms with Gasteiger partial charge in [-0.3, -0.25) is 0 Å². The third-order valence-corrected chi connectivity index (χ3v) is 7.58. The topological polar surface area (TPSA) is 49.7 Å². The predicted molar refractivity (Wildman–Crippen MR) is 115 cm³/mol. The van der Waals surface area contributed by atoms with E-state index >= 15 is 0 Å². The zero-order valence-electron chi connectivity index (χ0n) is 18.2. The van der Waals surface area contributed by atoms with E-state index in [2.05, 4.69) is 25.7 Å². The minimum Gasteiger partial charge on any atom is -0.390 e. The summed E-state index contributed by atoms with van der Waals surface area (Å²) in [6, 6.07) is 0. The molecule has 3 aliphatic carbocycles. The van der Waals surface area contributed by atoms with Crippen molar-refractivity contribution in [3.8, 4) is 0 Å². The van der Waals surface area contributed by atoms with Gasteiger partial charge in [0.25, 0.3) is 0 Å². The third kappa shape index (κ3) is 4.98. The molecule has 3 rings (SSSR count). The highest BCUT2D eigenvalue weighted by Gasteiger charge is 2.49. The highest BCUT2D eigenvalue weighted by Crippen LogP contribution is 2.57. The number of fused-ring (bicyclic) bond motifs is 1. The van der Waals surface area contributed by atoms with Gasteiger partial charge in [-0.2, -0.15) is 0 Å². The first-order valence-corrected chi connectivity index (χ1v) is 11.3. The Morgan fingerprint density at radius 3 is 2.71 bits per heavy atom. The number of allylic oxidation sites excluding steroid dienone is 3. The smallest absolute Gasteiger partial charge is 0.0787 e. The molecule has 3 nitrogen and oxygen atoms in total. The molecular formula is C25H40O3. The highest BCUT2D eigenvalue weighted by molar-refractivity contribution is 5.37. The van der Waals surface area contributed by atoms with Crippen LogP contribution in [0.4, 0.5) is 0 Å². The van der Waals surface area contributed by atoms with Crippen LogP contribution < -0.4 is 0 Å². The Bertz CT molecular complexity index is 624. The monoisotopic (exact) mass is 388 g/mol. The lowest BCUT2D eigenvalue weighted by Gasteiger charge is -2.42. The van der Waals surface area contributed by atoms with Crippen molar-refractivity contribution in [2.24, 2.45) is 17.3 Å². The minimum atomic E-state index is -0.646. The van der Waals surface area contributed by atoms with Gasteiger partial charge in [0.15, 0.2) is 0 Å². The predicted octanol–water partition coefficient (Wildman–Crippen LogP) is 5.33. The average molecular weight is 389 g/mol. The van der Waals surface area contributed by atoms with Crippen LogP contribution in [0.3, 0.4) is 0 Å². The lowest BCUT2D eigenvalue weighted by atomic mass is 9.63. The highest BCUT2D eigenvalue weighted by atomic mass is 16.5. The number of rotatable bonds is 6. The molecule has 0 aliphatic heterocycles. The van der Waals surface area contributed by atoms with E-state index in [1.807, 2.05) is 13.8 Å². The standard InChI is InChI=1S/C25H40O3/c1-18-19(7-5-9-23(18)26)10-11-20-8-6-14-25(4)21(12-13-22(20)25)17-28-16-15-24(2,3)27/h10-11,21-23,26-27H,1,5-9,12-17H2,2-4H3/b19-10-,20-11+/t21-,22?,23?,25?/m1/s1. The summed E-state index contributed by atoms with van der Waals surface area (Å²) in [5, 5.41) is 19.9. The molecule has 3 heteroatoms. The molecule has 4 atom stereocenters. The maximum absolute atomic E-state index is 10.1. The molecule has 3 fully saturated rings. The van der Waals surface area contributed by atoms with E-state index in [0.29, 0.717) is 30.3 Å². The maximum Gasteiger partial charge on any atom is 0.0787 e. The van der Waals surface area contributed by atoms with Crippen LogP contribution in [0.15, 0.2) is 35.5 Å². The third-order valence-electron chi connectivity index (χ3n) is 7.58. The maximum atomic E-state index is 10.1. The zero-order valence-corrected chi connectivity index (χ0v) is 18.2. The summed E-state index contributed by atoms with van der Waals surface area (Å²) in [6.07, 6.45) is 14.1. The summed E-state index contributed by atoms with van der Waals surface area (Å²) in [4.78, 5) is 0. The van der Waals surface area contributed by atoms with Gasteiger partial charge in [0.05, 0.1) is 11.7 Å². The Balaban J connectivity index is 1.63. The van der Waals surface area contributed by atoms with Crippen LogP contribution in [0.2, 0.25) is 0 Å². The zero-order chi connectivity index (χ0) is 20.4. The Morgan fingerprint density at radius 2 is 1.96 bits per heavy atom. The fraction of sp³-hybridized carbons (Fsp3) is 0.760. The van der Waals surface area contributed by atoms with Gasteiger partial charge in [-0.25, -0.2) is 0 Å². The summed E-state index contributed by atoms with van der Waals surface area (Å²) < 4.78 is 5.99. The second-order valence-electron chi connectivity index (χ2n) is 10.2. The minimum absolute atomic E-state index is 0.334. The van der Waals surface area contributed by atoms with Gasteiger partial charge in [-0.1, -0.05) is 31.2 Å². The Labute approximate surface area is 171 Å². The van der Waals surface area contributed by atoms with Crippen molar-refractivity contribution in [1.82, 2.24) is 0 Å². The van der Waals surface area contributed by atoms with E-state index in [0.717, 1.165) is 31.4 Å². The van der Waals surface area contributed by atoms with E-state index < -0.39 is 5.60 Å². The summed E-state index contributed by atoms with van der Waals surface area (Å²) in [6.45, 7) is 11.7. The number of hydrogen-bond acceptors (Lipinski definition) is 3. The van der Waals surface area contributed by atoms with Crippen LogP contribution in [0.25, 0.3) is 0 Å². The largest absolute Gasteiger partial charge is 0.390 e. The molecule has 3 saturated carbocycles. The first-order valence-electron chi connectivity index (χ1n) is 11.3. The van der Waals surface area contributed by atoms with E-state index in [-0.39, 0.29) is 6.10 Å². The molecule has 0 aromatic carbocycles. The molecule has 0 spiro atoms. The van der Waals surface area contributed by atoms with Crippen LogP contribution in [0, 0.1) is 17.3 Å². The summed E-state index contributed by atoms with van der Waals surface area (Å²) in [7, 11) is 0. The van der Waals surface area contributed by atoms with Crippen LogP contribution in [0.1, 0.15) is 78.6 Å². The van der Waals surface area contributed by atoms with Gasteiger partial charge in [0, 0.05) is 13.2 Å². The number of aliphatic hydroxyl groups excluding tert-OH is 1. The Morgan fingerprint density at radius 1 is 1.18 bits per heavy atom. The van der Waals surface area contributed by atoms with Gasteiger partial charge in [0.1, 0.15) is 0 Å². The molecule has 0 radical (unpaired) electrons. The normalized spacial score (nSPS) is 36.9. The van der Waals surface area contributed by atoms with Crippen LogP contribution in [0.5, 0.6) is 0 Å². The molecule has 3 unspecified atom stereocenters. The number of hydrogen-bond donors (Lipinski definition) is 2. The van der Waals surface area contributed by atoms with Crippen molar-refractivity contribution in [2.75, 3.05) is 13.2 Å². The quantitative estimate of drug-likeness (QED) is 0.604. The van der Waals surface area contributed by atoms with Crippen LogP contribution in [-0.2, 0) is 4.74 Å². The molecule has 28 heavy (non-hydrogen) atoms.